The molecule has 0 aromatic carbocycles. The molecule has 0 bridgehead atoms. The molecule has 2 aromatic heterocycles. The molecular weight excluding hydrogens is 270 g/mol. The highest BCUT2D eigenvalue weighted by molar-refractivity contribution is 7.89. The van der Waals surface area contributed by atoms with E-state index in [0.717, 1.165) is 5.69 Å². The van der Waals surface area contributed by atoms with Crippen LogP contribution >= 0.6 is 0 Å². The van der Waals surface area contributed by atoms with Crippen molar-refractivity contribution in [1.82, 2.24) is 14.7 Å². The van der Waals surface area contributed by atoms with Crippen molar-refractivity contribution in [2.24, 2.45) is 0 Å². The number of nitrogens with zero attached hydrogens (tertiary/aromatic N) is 1. The summed E-state index contributed by atoms with van der Waals surface area (Å²) in [4.78, 5) is 6.82. The van der Waals surface area contributed by atoms with E-state index < -0.39 is 10.0 Å². The van der Waals surface area contributed by atoms with Gasteiger partial charge in [0, 0.05) is 11.9 Å². The van der Waals surface area contributed by atoms with Gasteiger partial charge in [-0.3, -0.25) is 0 Å². The van der Waals surface area contributed by atoms with Crippen LogP contribution in [0.5, 0.6) is 0 Å². The number of nitrogens with one attached hydrogen (secondary N) is 2. The average molecular weight is 285 g/mol. The molecule has 0 aliphatic heterocycles. The minimum absolute atomic E-state index is 0.0172. The summed E-state index contributed by atoms with van der Waals surface area (Å²) in [5, 5.41) is 8.89. The molecule has 0 aliphatic carbocycles. The first-order chi connectivity index (χ1) is 8.92. The minimum Gasteiger partial charge on any atom is -0.444 e. The van der Waals surface area contributed by atoms with Gasteiger partial charge in [-0.15, -0.1) is 0 Å². The van der Waals surface area contributed by atoms with Crippen molar-refractivity contribution in [3.05, 3.63) is 35.3 Å². The van der Waals surface area contributed by atoms with Crippen LogP contribution in [0.15, 0.2) is 21.6 Å². The maximum absolute atomic E-state index is 11.9. The Hall–Kier alpha value is -1.64. The fraction of sp³-hybridized carbons (Fsp3) is 0.364. The lowest BCUT2D eigenvalue weighted by atomic mass is 10.4. The van der Waals surface area contributed by atoms with E-state index >= 15 is 0 Å². The predicted octanol–water partition coefficient (Wildman–Crippen LogP) is 0.590. The Kier molecular flexibility index (Phi) is 3.74. The number of hydrogen-bond donors (Lipinski definition) is 3. The number of oxazole rings is 1. The van der Waals surface area contributed by atoms with E-state index in [9.17, 15) is 8.42 Å². The van der Waals surface area contributed by atoms with Crippen LogP contribution in [0.25, 0.3) is 0 Å². The zero-order valence-corrected chi connectivity index (χ0v) is 11.4. The van der Waals surface area contributed by atoms with Crippen molar-refractivity contribution < 1.29 is 17.9 Å². The van der Waals surface area contributed by atoms with Crippen LogP contribution in [0.3, 0.4) is 0 Å². The van der Waals surface area contributed by atoms with E-state index in [4.69, 9.17) is 9.52 Å². The second kappa shape index (κ2) is 5.16. The normalized spacial score (nSPS) is 11.9. The van der Waals surface area contributed by atoms with E-state index in [-0.39, 0.29) is 18.0 Å². The van der Waals surface area contributed by atoms with Crippen LogP contribution in [-0.4, -0.2) is 23.5 Å². The van der Waals surface area contributed by atoms with Gasteiger partial charge < -0.3 is 14.5 Å². The Bertz CT molecular complexity index is 652. The Morgan fingerprint density at radius 2 is 2.21 bits per heavy atom. The number of aliphatic hydroxyl groups is 1. The number of aromatic amines is 1. The molecular formula is C11H15N3O4S. The fourth-order valence-corrected chi connectivity index (χ4v) is 2.51. The van der Waals surface area contributed by atoms with E-state index in [0.29, 0.717) is 17.3 Å². The zero-order chi connectivity index (χ0) is 14.0. The minimum atomic E-state index is -3.64. The SMILES string of the molecule is Cc1nc(CNS(=O)(=O)c2c[nH]c(CO)c2)oc1C. The van der Waals surface area contributed by atoms with Crippen molar-refractivity contribution in [1.29, 1.82) is 0 Å². The van der Waals surface area contributed by atoms with Gasteiger partial charge in [-0.2, -0.15) is 0 Å². The standard InChI is InChI=1S/C11H15N3O4S/c1-7-8(2)18-11(14-7)5-13-19(16,17)10-3-9(6-15)12-4-10/h3-4,12-13,15H,5-6H2,1-2H3. The van der Waals surface area contributed by atoms with Crippen LogP contribution in [0.4, 0.5) is 0 Å². The predicted molar refractivity (Wildman–Crippen MR) is 66.7 cm³/mol. The van der Waals surface area contributed by atoms with Crippen molar-refractivity contribution >= 4 is 10.0 Å². The number of H-pyrrole nitrogens is 1. The average Bonchev–Trinajstić information content (AvgIpc) is 2.95. The summed E-state index contributed by atoms with van der Waals surface area (Å²) in [7, 11) is -3.64. The summed E-state index contributed by atoms with van der Waals surface area (Å²) >= 11 is 0. The largest absolute Gasteiger partial charge is 0.444 e. The van der Waals surface area contributed by atoms with Crippen LogP contribution < -0.4 is 4.72 Å². The van der Waals surface area contributed by atoms with Crippen LogP contribution in [0, 0.1) is 13.8 Å². The smallest absolute Gasteiger partial charge is 0.242 e. The van der Waals surface area contributed by atoms with Crippen LogP contribution in [0.1, 0.15) is 23.0 Å². The molecule has 19 heavy (non-hydrogen) atoms. The van der Waals surface area contributed by atoms with Crippen LogP contribution in [-0.2, 0) is 23.2 Å². The van der Waals surface area contributed by atoms with Gasteiger partial charge in [0.15, 0.2) is 0 Å². The first-order valence-corrected chi connectivity index (χ1v) is 7.11. The van der Waals surface area contributed by atoms with Crippen molar-refractivity contribution in [3.63, 3.8) is 0 Å². The maximum atomic E-state index is 11.9. The summed E-state index contributed by atoms with van der Waals surface area (Å²) in [6, 6.07) is 1.37. The quantitative estimate of drug-likeness (QED) is 0.745. The third kappa shape index (κ3) is 3.03. The molecule has 7 nitrogen and oxygen atoms in total. The van der Waals surface area contributed by atoms with Crippen molar-refractivity contribution in [3.8, 4) is 0 Å². The Morgan fingerprint density at radius 1 is 1.47 bits per heavy atom. The molecule has 8 heteroatoms. The molecule has 0 atom stereocenters. The Balaban J connectivity index is 2.09. The van der Waals surface area contributed by atoms with Gasteiger partial charge in [-0.1, -0.05) is 0 Å². The highest BCUT2D eigenvalue weighted by atomic mass is 32.2. The van der Waals surface area contributed by atoms with Gasteiger partial charge in [0.1, 0.15) is 5.76 Å². The van der Waals surface area contributed by atoms with E-state index in [1.165, 1.54) is 12.3 Å². The van der Waals surface area contributed by atoms with E-state index in [1.54, 1.807) is 13.8 Å². The first-order valence-electron chi connectivity index (χ1n) is 5.63. The summed E-state index contributed by atoms with van der Waals surface area (Å²) in [5.74, 6) is 0.981. The molecule has 2 aromatic rings. The van der Waals surface area contributed by atoms with Gasteiger partial charge in [0.25, 0.3) is 0 Å². The summed E-state index contributed by atoms with van der Waals surface area (Å²) in [6.07, 6.45) is 1.32. The number of aromatic nitrogens is 2. The van der Waals surface area contributed by atoms with E-state index in [2.05, 4.69) is 14.7 Å². The second-order valence-electron chi connectivity index (χ2n) is 4.09. The van der Waals surface area contributed by atoms with Crippen LogP contribution in [0.2, 0.25) is 0 Å². The molecule has 0 saturated heterocycles. The lowest BCUT2D eigenvalue weighted by molar-refractivity contribution is 0.277. The first kappa shape index (κ1) is 13.8. The lowest BCUT2D eigenvalue weighted by Crippen LogP contribution is -2.23. The lowest BCUT2D eigenvalue weighted by Gasteiger charge is -2.01. The maximum Gasteiger partial charge on any atom is 0.242 e. The van der Waals surface area contributed by atoms with Gasteiger partial charge in [0.05, 0.1) is 23.7 Å². The number of rotatable bonds is 5. The molecule has 104 valence electrons. The third-order valence-electron chi connectivity index (χ3n) is 2.68. The second-order valence-corrected chi connectivity index (χ2v) is 5.86. The zero-order valence-electron chi connectivity index (χ0n) is 10.6. The highest BCUT2D eigenvalue weighted by Gasteiger charge is 2.17. The number of hydrogen-bond acceptors (Lipinski definition) is 5. The molecule has 0 aliphatic rings. The molecule has 3 N–H and O–H groups in total. The van der Waals surface area contributed by atoms with E-state index in [1.807, 2.05) is 0 Å². The summed E-state index contributed by atoms with van der Waals surface area (Å²) in [5.41, 5.74) is 1.17. The van der Waals surface area contributed by atoms with Gasteiger partial charge >= 0.3 is 0 Å². The van der Waals surface area contributed by atoms with Crippen molar-refractivity contribution in [2.45, 2.75) is 31.9 Å². The number of aliphatic hydroxyl groups excluding tert-OH is 1. The molecule has 0 fully saturated rings. The highest BCUT2D eigenvalue weighted by Crippen LogP contribution is 2.12. The molecule has 0 spiro atoms. The van der Waals surface area contributed by atoms with Gasteiger partial charge in [0.2, 0.25) is 15.9 Å². The third-order valence-corrected chi connectivity index (χ3v) is 4.06. The molecule has 0 amide bonds. The molecule has 2 rings (SSSR count). The van der Waals surface area contributed by atoms with Crippen molar-refractivity contribution in [2.75, 3.05) is 0 Å². The topological polar surface area (TPSA) is 108 Å². The summed E-state index contributed by atoms with van der Waals surface area (Å²) < 4.78 is 31.6. The fourth-order valence-electron chi connectivity index (χ4n) is 1.52. The number of sulfonamides is 1. The molecule has 0 unspecified atom stereocenters. The Labute approximate surface area is 110 Å². The molecule has 0 saturated carbocycles. The van der Waals surface area contributed by atoms with Gasteiger partial charge in [-0.05, 0) is 19.9 Å². The molecule has 0 radical (unpaired) electrons. The monoisotopic (exact) mass is 285 g/mol. The Morgan fingerprint density at radius 3 is 2.74 bits per heavy atom. The summed E-state index contributed by atoms with van der Waals surface area (Å²) in [6.45, 7) is 3.29. The molecule has 2 heterocycles. The number of aryl methyl sites for hydroxylation is 2. The van der Waals surface area contributed by atoms with Gasteiger partial charge in [-0.25, -0.2) is 18.1 Å².